The van der Waals surface area contributed by atoms with Crippen molar-refractivity contribution >= 4 is 55.6 Å². The van der Waals surface area contributed by atoms with E-state index in [0.717, 1.165) is 19.5 Å². The Labute approximate surface area is 225 Å². The highest BCUT2D eigenvalue weighted by atomic mass is 35.5. The molecule has 2 heterocycles. The van der Waals surface area contributed by atoms with Crippen molar-refractivity contribution in [1.82, 2.24) is 14.9 Å². The maximum Gasteiger partial charge on any atom is 0.238 e. The lowest BCUT2D eigenvalue weighted by atomic mass is 10.2. The van der Waals surface area contributed by atoms with Gasteiger partial charge in [-0.05, 0) is 62.0 Å². The van der Waals surface area contributed by atoms with E-state index in [1.807, 2.05) is 17.0 Å². The van der Waals surface area contributed by atoms with E-state index in [0.29, 0.717) is 33.2 Å². The summed E-state index contributed by atoms with van der Waals surface area (Å²) < 4.78 is 32.3. The van der Waals surface area contributed by atoms with Gasteiger partial charge < -0.3 is 15.4 Å². The molecule has 2 N–H and O–H groups in total. The summed E-state index contributed by atoms with van der Waals surface area (Å²) in [5.74, 6) is 0.246. The highest BCUT2D eigenvalue weighted by Gasteiger charge is 2.22. The largest absolute Gasteiger partial charge is 0.497 e. The number of anilines is 3. The molecule has 1 aliphatic heterocycles. The molecule has 1 saturated heterocycles. The summed E-state index contributed by atoms with van der Waals surface area (Å²) in [5, 5.41) is 6.34. The number of methoxy groups -OCH3 is 1. The fourth-order valence-corrected chi connectivity index (χ4v) is 5.55. The number of halogens is 1. The predicted molar refractivity (Wildman–Crippen MR) is 148 cm³/mol. The SMILES string of the molecule is COc1ccc(Cl)c(Nc2nc3ccccc3nc2CS(=O)(=O)c2cccc(NC(=O)CN3CCC3)c2)c1. The molecule has 1 fully saturated rings. The second-order valence-electron chi connectivity index (χ2n) is 8.94. The standard InChI is InChI=1S/C27H26ClN5O4S/c1-37-19-10-11-21(28)24(15-19)32-27-25(30-22-8-2-3-9-23(22)31-27)17-38(35,36)20-7-4-6-18(14-20)29-26(34)16-33-12-5-13-33/h2-4,6-11,14-15H,5,12-13,16-17H2,1H3,(H,29,34)(H,31,32). The summed E-state index contributed by atoms with van der Waals surface area (Å²) in [6.45, 7) is 2.07. The molecule has 0 bridgehead atoms. The smallest absolute Gasteiger partial charge is 0.238 e. The van der Waals surface area contributed by atoms with Crippen molar-refractivity contribution in [3.63, 3.8) is 0 Å². The predicted octanol–water partition coefficient (Wildman–Crippen LogP) is 4.65. The van der Waals surface area contributed by atoms with Crippen molar-refractivity contribution in [3.8, 4) is 5.75 Å². The quantitative estimate of drug-likeness (QED) is 0.309. The molecular weight excluding hydrogens is 526 g/mol. The van der Waals surface area contributed by atoms with E-state index in [4.69, 9.17) is 16.3 Å². The van der Waals surface area contributed by atoms with Crippen LogP contribution in [-0.2, 0) is 20.4 Å². The summed E-state index contributed by atoms with van der Waals surface area (Å²) in [5.41, 5.74) is 2.31. The molecule has 11 heteroatoms. The third-order valence-corrected chi connectivity index (χ3v) is 8.14. The van der Waals surface area contributed by atoms with Crippen molar-refractivity contribution < 1.29 is 17.9 Å². The zero-order valence-corrected chi connectivity index (χ0v) is 22.2. The molecule has 3 aromatic carbocycles. The molecule has 0 unspecified atom stereocenters. The first-order valence-corrected chi connectivity index (χ1v) is 14.0. The number of benzene rings is 3. The van der Waals surface area contributed by atoms with Gasteiger partial charge in [-0.15, -0.1) is 0 Å². The van der Waals surface area contributed by atoms with E-state index in [9.17, 15) is 13.2 Å². The number of sulfone groups is 1. The number of hydrogen-bond donors (Lipinski definition) is 2. The van der Waals surface area contributed by atoms with Crippen LogP contribution < -0.4 is 15.4 Å². The monoisotopic (exact) mass is 551 g/mol. The van der Waals surface area contributed by atoms with Crippen LogP contribution in [0.4, 0.5) is 17.2 Å². The molecule has 0 atom stereocenters. The number of likely N-dealkylation sites (tertiary alicyclic amines) is 1. The molecule has 0 radical (unpaired) electrons. The zero-order valence-electron chi connectivity index (χ0n) is 20.6. The maximum absolute atomic E-state index is 13.5. The van der Waals surface area contributed by atoms with Crippen LogP contribution in [0.5, 0.6) is 5.75 Å². The molecule has 0 spiro atoms. The molecule has 5 rings (SSSR count). The Hall–Kier alpha value is -3.73. The Morgan fingerprint density at radius 1 is 1.03 bits per heavy atom. The topological polar surface area (TPSA) is 114 Å². The summed E-state index contributed by atoms with van der Waals surface area (Å²) in [7, 11) is -2.31. The van der Waals surface area contributed by atoms with Gasteiger partial charge in [0.1, 0.15) is 11.5 Å². The van der Waals surface area contributed by atoms with E-state index in [-0.39, 0.29) is 28.9 Å². The highest BCUT2D eigenvalue weighted by molar-refractivity contribution is 7.90. The molecule has 38 heavy (non-hydrogen) atoms. The van der Waals surface area contributed by atoms with E-state index in [1.165, 1.54) is 12.1 Å². The highest BCUT2D eigenvalue weighted by Crippen LogP contribution is 2.31. The molecule has 4 aromatic rings. The van der Waals surface area contributed by atoms with Crippen LogP contribution in [0.2, 0.25) is 5.02 Å². The number of fused-ring (bicyclic) bond motifs is 1. The number of nitrogens with zero attached hydrogens (tertiary/aromatic N) is 3. The first-order valence-electron chi connectivity index (χ1n) is 12.0. The summed E-state index contributed by atoms with van der Waals surface area (Å²) >= 11 is 6.38. The second kappa shape index (κ2) is 10.9. The lowest BCUT2D eigenvalue weighted by Gasteiger charge is -2.29. The van der Waals surface area contributed by atoms with E-state index in [1.54, 1.807) is 49.6 Å². The fourth-order valence-electron chi connectivity index (χ4n) is 4.07. The molecule has 196 valence electrons. The van der Waals surface area contributed by atoms with Crippen LogP contribution in [0, 0.1) is 0 Å². The minimum absolute atomic E-state index is 0.0690. The Bertz CT molecular complexity index is 1610. The van der Waals surface area contributed by atoms with Crippen LogP contribution in [0.3, 0.4) is 0 Å². The minimum atomic E-state index is -3.86. The Kier molecular flexibility index (Phi) is 7.46. The maximum atomic E-state index is 13.5. The normalized spacial score (nSPS) is 13.6. The van der Waals surface area contributed by atoms with Crippen molar-refractivity contribution in [1.29, 1.82) is 0 Å². The van der Waals surface area contributed by atoms with E-state index >= 15 is 0 Å². The Morgan fingerprint density at radius 2 is 1.79 bits per heavy atom. The van der Waals surface area contributed by atoms with Gasteiger partial charge in [0, 0.05) is 11.8 Å². The lowest BCUT2D eigenvalue weighted by molar-refractivity contribution is -0.118. The van der Waals surface area contributed by atoms with Gasteiger partial charge in [0.05, 0.1) is 46.0 Å². The van der Waals surface area contributed by atoms with Crippen LogP contribution in [0.15, 0.2) is 71.6 Å². The zero-order chi connectivity index (χ0) is 26.7. The number of carbonyl (C=O) groups excluding carboxylic acids is 1. The van der Waals surface area contributed by atoms with Crippen molar-refractivity contribution in [2.75, 3.05) is 37.4 Å². The number of ether oxygens (including phenoxy) is 1. The van der Waals surface area contributed by atoms with Crippen LogP contribution in [0.25, 0.3) is 11.0 Å². The number of aromatic nitrogens is 2. The van der Waals surface area contributed by atoms with Crippen molar-refractivity contribution in [2.45, 2.75) is 17.1 Å². The number of amides is 1. The van der Waals surface area contributed by atoms with Crippen LogP contribution in [-0.4, -0.2) is 55.9 Å². The number of rotatable bonds is 9. The first kappa shape index (κ1) is 25.9. The number of para-hydroxylation sites is 2. The van der Waals surface area contributed by atoms with Gasteiger partial charge in [-0.1, -0.05) is 29.8 Å². The van der Waals surface area contributed by atoms with Crippen molar-refractivity contribution in [3.05, 3.63) is 77.4 Å². The van der Waals surface area contributed by atoms with Gasteiger partial charge >= 0.3 is 0 Å². The van der Waals surface area contributed by atoms with E-state index < -0.39 is 15.6 Å². The first-order chi connectivity index (χ1) is 18.3. The molecule has 9 nitrogen and oxygen atoms in total. The van der Waals surface area contributed by atoms with Crippen molar-refractivity contribution in [2.24, 2.45) is 0 Å². The number of carbonyl (C=O) groups is 1. The third kappa shape index (κ3) is 5.88. The number of hydrogen-bond acceptors (Lipinski definition) is 8. The molecule has 0 aliphatic carbocycles. The van der Waals surface area contributed by atoms with Crippen LogP contribution in [0.1, 0.15) is 12.1 Å². The minimum Gasteiger partial charge on any atom is -0.497 e. The Morgan fingerprint density at radius 3 is 2.50 bits per heavy atom. The Balaban J connectivity index is 1.45. The van der Waals surface area contributed by atoms with Gasteiger partial charge in [0.15, 0.2) is 15.7 Å². The molecule has 1 aromatic heterocycles. The molecule has 1 amide bonds. The van der Waals surface area contributed by atoms with Gasteiger partial charge in [-0.3, -0.25) is 9.69 Å². The van der Waals surface area contributed by atoms with Gasteiger partial charge in [-0.2, -0.15) is 0 Å². The lowest BCUT2D eigenvalue weighted by Crippen LogP contribution is -2.42. The fraction of sp³-hybridized carbons (Fsp3) is 0.222. The second-order valence-corrected chi connectivity index (χ2v) is 11.3. The van der Waals surface area contributed by atoms with Gasteiger partial charge in [0.25, 0.3) is 0 Å². The molecule has 1 aliphatic rings. The summed E-state index contributed by atoms with van der Waals surface area (Å²) in [6, 6.07) is 18.5. The number of nitrogens with one attached hydrogen (secondary N) is 2. The van der Waals surface area contributed by atoms with Gasteiger partial charge in [-0.25, -0.2) is 18.4 Å². The third-order valence-electron chi connectivity index (χ3n) is 6.19. The summed E-state index contributed by atoms with van der Waals surface area (Å²) in [6.07, 6.45) is 1.08. The average Bonchev–Trinajstić information content (AvgIpc) is 2.88. The molecule has 0 saturated carbocycles. The van der Waals surface area contributed by atoms with Crippen LogP contribution >= 0.6 is 11.6 Å². The average molecular weight is 552 g/mol. The molecular formula is C27H26ClN5O4S. The summed E-state index contributed by atoms with van der Waals surface area (Å²) in [4.78, 5) is 23.7. The van der Waals surface area contributed by atoms with E-state index in [2.05, 4.69) is 20.6 Å². The van der Waals surface area contributed by atoms with Gasteiger partial charge in [0.2, 0.25) is 5.91 Å².